The van der Waals surface area contributed by atoms with E-state index in [1.807, 2.05) is 0 Å². The van der Waals surface area contributed by atoms with Gasteiger partial charge >= 0.3 is 12.0 Å². The lowest BCUT2D eigenvalue weighted by Gasteiger charge is -2.37. The van der Waals surface area contributed by atoms with Gasteiger partial charge in [0.25, 0.3) is 0 Å². The molecule has 1 saturated heterocycles. The summed E-state index contributed by atoms with van der Waals surface area (Å²) in [6.07, 6.45) is 3.40. The summed E-state index contributed by atoms with van der Waals surface area (Å²) in [6.45, 7) is 4.32. The van der Waals surface area contributed by atoms with Gasteiger partial charge in [-0.05, 0) is 50.6 Å². The molecule has 0 aliphatic carbocycles. The molecule has 1 unspecified atom stereocenters. The van der Waals surface area contributed by atoms with Crippen molar-refractivity contribution in [2.45, 2.75) is 32.2 Å². The van der Waals surface area contributed by atoms with Gasteiger partial charge in [0.05, 0.1) is 18.2 Å². The van der Waals surface area contributed by atoms with Crippen molar-refractivity contribution in [3.8, 4) is 0 Å². The van der Waals surface area contributed by atoms with Crippen LogP contribution in [0.5, 0.6) is 0 Å². The van der Waals surface area contributed by atoms with Crippen LogP contribution in [-0.4, -0.2) is 55.1 Å². The SMILES string of the molecule is CCOC(=O)C1=C(CN2CCCCC2)N(C)C(=O)NC1c1cccc(F)c1. The third-order valence-electron chi connectivity index (χ3n) is 5.08. The molecule has 3 rings (SSSR count). The molecule has 7 heteroatoms. The summed E-state index contributed by atoms with van der Waals surface area (Å²) < 4.78 is 19.1. The normalized spacial score (nSPS) is 21.2. The highest BCUT2D eigenvalue weighted by atomic mass is 19.1. The van der Waals surface area contributed by atoms with E-state index in [-0.39, 0.29) is 12.6 Å². The van der Waals surface area contributed by atoms with Crippen LogP contribution in [0.3, 0.4) is 0 Å². The van der Waals surface area contributed by atoms with E-state index in [0.717, 1.165) is 25.9 Å². The number of halogens is 1. The van der Waals surface area contributed by atoms with Crippen LogP contribution < -0.4 is 5.32 Å². The van der Waals surface area contributed by atoms with Crippen LogP contribution in [0.4, 0.5) is 9.18 Å². The monoisotopic (exact) mass is 375 g/mol. The maximum Gasteiger partial charge on any atom is 0.338 e. The number of rotatable bonds is 5. The van der Waals surface area contributed by atoms with E-state index >= 15 is 0 Å². The molecule has 6 nitrogen and oxygen atoms in total. The number of urea groups is 1. The predicted molar refractivity (Wildman–Crippen MR) is 99.4 cm³/mol. The number of nitrogens with one attached hydrogen (secondary N) is 1. The van der Waals surface area contributed by atoms with Crippen molar-refractivity contribution in [1.82, 2.24) is 15.1 Å². The van der Waals surface area contributed by atoms with Crippen LogP contribution in [0, 0.1) is 5.82 Å². The van der Waals surface area contributed by atoms with Crippen LogP contribution in [0.25, 0.3) is 0 Å². The second-order valence-electron chi connectivity index (χ2n) is 6.91. The number of hydrogen-bond donors (Lipinski definition) is 1. The van der Waals surface area contributed by atoms with E-state index in [1.54, 1.807) is 26.1 Å². The lowest BCUT2D eigenvalue weighted by Crippen LogP contribution is -2.49. The summed E-state index contributed by atoms with van der Waals surface area (Å²) >= 11 is 0. The Hall–Kier alpha value is -2.41. The fourth-order valence-corrected chi connectivity index (χ4v) is 3.66. The molecule has 0 bridgehead atoms. The number of benzene rings is 1. The third kappa shape index (κ3) is 4.30. The molecular formula is C20H26FN3O3. The van der Waals surface area contributed by atoms with Gasteiger partial charge in [0.15, 0.2) is 0 Å². The molecule has 2 aliphatic rings. The van der Waals surface area contributed by atoms with Gasteiger partial charge in [-0.3, -0.25) is 9.80 Å². The van der Waals surface area contributed by atoms with Crippen molar-refractivity contribution in [1.29, 1.82) is 0 Å². The van der Waals surface area contributed by atoms with Gasteiger partial charge in [-0.2, -0.15) is 0 Å². The smallest absolute Gasteiger partial charge is 0.338 e. The number of carbonyl (C=O) groups excluding carboxylic acids is 2. The van der Waals surface area contributed by atoms with Gasteiger partial charge < -0.3 is 10.1 Å². The summed E-state index contributed by atoms with van der Waals surface area (Å²) in [4.78, 5) is 29.1. The second kappa shape index (κ2) is 8.52. The number of likely N-dealkylation sites (N-methyl/N-ethyl adjacent to an activating group) is 1. The Balaban J connectivity index is 2.04. The molecule has 0 radical (unpaired) electrons. The Bertz CT molecular complexity index is 744. The van der Waals surface area contributed by atoms with Crippen LogP contribution >= 0.6 is 0 Å². The largest absolute Gasteiger partial charge is 0.463 e. The molecule has 0 spiro atoms. The van der Waals surface area contributed by atoms with Gasteiger partial charge in [0, 0.05) is 19.3 Å². The van der Waals surface area contributed by atoms with Gasteiger partial charge in [-0.25, -0.2) is 14.0 Å². The Morgan fingerprint density at radius 2 is 2.04 bits per heavy atom. The highest BCUT2D eigenvalue weighted by Gasteiger charge is 2.37. The van der Waals surface area contributed by atoms with E-state index in [1.165, 1.54) is 23.5 Å². The molecular weight excluding hydrogens is 349 g/mol. The first kappa shape index (κ1) is 19.4. The molecule has 1 aromatic carbocycles. The van der Waals surface area contributed by atoms with Crippen molar-refractivity contribution >= 4 is 12.0 Å². The maximum atomic E-state index is 13.8. The number of carbonyl (C=O) groups is 2. The summed E-state index contributed by atoms with van der Waals surface area (Å²) in [6, 6.07) is 4.91. The topological polar surface area (TPSA) is 61.9 Å². The van der Waals surface area contributed by atoms with Crippen molar-refractivity contribution < 1.29 is 18.7 Å². The summed E-state index contributed by atoms with van der Waals surface area (Å²) in [7, 11) is 1.65. The lowest BCUT2D eigenvalue weighted by molar-refractivity contribution is -0.139. The minimum absolute atomic E-state index is 0.229. The molecule has 0 saturated carbocycles. The Kier molecular flexibility index (Phi) is 6.11. The molecule has 1 N–H and O–H groups in total. The summed E-state index contributed by atoms with van der Waals surface area (Å²) in [5, 5.41) is 2.81. The van der Waals surface area contributed by atoms with Gasteiger partial charge in [-0.1, -0.05) is 18.6 Å². The quantitative estimate of drug-likeness (QED) is 0.804. The third-order valence-corrected chi connectivity index (χ3v) is 5.08. The predicted octanol–water partition coefficient (Wildman–Crippen LogP) is 2.82. The standard InChI is InChI=1S/C20H26FN3O3/c1-3-27-19(25)17-16(13-24-10-5-4-6-11-24)23(2)20(26)22-18(17)14-8-7-9-15(21)12-14/h7-9,12,18H,3-6,10-11,13H2,1-2H3,(H,22,26). The van der Waals surface area contributed by atoms with Crippen LogP contribution in [-0.2, 0) is 9.53 Å². The summed E-state index contributed by atoms with van der Waals surface area (Å²) in [5.74, 6) is -0.896. The van der Waals surface area contributed by atoms with Crippen molar-refractivity contribution in [3.05, 3.63) is 46.9 Å². The number of amides is 2. The first-order valence-corrected chi connectivity index (χ1v) is 9.43. The van der Waals surface area contributed by atoms with Crippen molar-refractivity contribution in [2.75, 3.05) is 33.3 Å². The Labute approximate surface area is 159 Å². The molecule has 2 aliphatic heterocycles. The minimum atomic E-state index is -0.733. The zero-order valence-corrected chi connectivity index (χ0v) is 15.8. The molecule has 0 aromatic heterocycles. The highest BCUT2D eigenvalue weighted by molar-refractivity contribution is 5.95. The zero-order valence-electron chi connectivity index (χ0n) is 15.8. The van der Waals surface area contributed by atoms with E-state index < -0.39 is 17.8 Å². The average molecular weight is 375 g/mol. The number of piperidine rings is 1. The summed E-state index contributed by atoms with van der Waals surface area (Å²) in [5.41, 5.74) is 1.51. The van der Waals surface area contributed by atoms with Crippen LogP contribution in [0.15, 0.2) is 35.5 Å². The van der Waals surface area contributed by atoms with Gasteiger partial charge in [-0.15, -0.1) is 0 Å². The fourth-order valence-electron chi connectivity index (χ4n) is 3.66. The first-order valence-electron chi connectivity index (χ1n) is 9.43. The molecule has 1 fully saturated rings. The molecule has 2 amide bonds. The van der Waals surface area contributed by atoms with Crippen LogP contribution in [0.2, 0.25) is 0 Å². The maximum absolute atomic E-state index is 13.8. The number of esters is 1. The number of hydrogen-bond acceptors (Lipinski definition) is 4. The van der Waals surface area contributed by atoms with E-state index in [4.69, 9.17) is 4.74 Å². The average Bonchev–Trinajstić information content (AvgIpc) is 2.66. The van der Waals surface area contributed by atoms with Crippen molar-refractivity contribution in [3.63, 3.8) is 0 Å². The van der Waals surface area contributed by atoms with E-state index in [2.05, 4.69) is 10.2 Å². The molecule has 2 heterocycles. The van der Waals surface area contributed by atoms with E-state index in [9.17, 15) is 14.0 Å². The highest BCUT2D eigenvalue weighted by Crippen LogP contribution is 2.32. The minimum Gasteiger partial charge on any atom is -0.463 e. The zero-order chi connectivity index (χ0) is 19.4. The molecule has 27 heavy (non-hydrogen) atoms. The van der Waals surface area contributed by atoms with Crippen LogP contribution in [0.1, 0.15) is 37.8 Å². The fraction of sp³-hybridized carbons (Fsp3) is 0.500. The molecule has 1 atom stereocenters. The Morgan fingerprint density at radius 3 is 2.70 bits per heavy atom. The van der Waals surface area contributed by atoms with Gasteiger partial charge in [0.2, 0.25) is 0 Å². The number of nitrogens with zero attached hydrogens (tertiary/aromatic N) is 2. The van der Waals surface area contributed by atoms with E-state index in [0.29, 0.717) is 23.4 Å². The first-order chi connectivity index (χ1) is 13.0. The van der Waals surface area contributed by atoms with Gasteiger partial charge in [0.1, 0.15) is 5.82 Å². The molecule has 1 aromatic rings. The molecule has 146 valence electrons. The second-order valence-corrected chi connectivity index (χ2v) is 6.91. The number of likely N-dealkylation sites (tertiary alicyclic amines) is 1. The Morgan fingerprint density at radius 1 is 1.30 bits per heavy atom. The number of ether oxygens (including phenoxy) is 1. The lowest BCUT2D eigenvalue weighted by atomic mass is 9.94. The van der Waals surface area contributed by atoms with Crippen molar-refractivity contribution in [2.24, 2.45) is 0 Å².